The van der Waals surface area contributed by atoms with Crippen molar-refractivity contribution in [3.63, 3.8) is 0 Å². The van der Waals surface area contributed by atoms with E-state index >= 15 is 0 Å². The molecule has 0 aromatic heterocycles. The van der Waals surface area contributed by atoms with Crippen LogP contribution >= 0.6 is 11.6 Å². The molecule has 0 radical (unpaired) electrons. The SMILES string of the molecule is CCCCNC(=O)[C@H](C)N(Cc1cccc(OC)c1)C(=O)CN(c1cccc(Cl)c1)S(C)(=O)=O. The van der Waals surface area contributed by atoms with E-state index in [2.05, 4.69) is 5.32 Å². The van der Waals surface area contributed by atoms with Gasteiger partial charge in [-0.2, -0.15) is 0 Å². The molecule has 10 heteroatoms. The van der Waals surface area contributed by atoms with Gasteiger partial charge >= 0.3 is 0 Å². The molecular weight excluding hydrogens is 478 g/mol. The van der Waals surface area contributed by atoms with Gasteiger partial charge in [0.15, 0.2) is 0 Å². The molecule has 0 saturated carbocycles. The largest absolute Gasteiger partial charge is 0.497 e. The summed E-state index contributed by atoms with van der Waals surface area (Å²) in [5.74, 6) is -0.216. The van der Waals surface area contributed by atoms with Gasteiger partial charge in [0.25, 0.3) is 0 Å². The van der Waals surface area contributed by atoms with Gasteiger partial charge in [-0.1, -0.05) is 43.1 Å². The number of hydrogen-bond acceptors (Lipinski definition) is 5. The second kappa shape index (κ2) is 12.6. The number of hydrogen-bond donors (Lipinski definition) is 1. The molecular formula is C24H32ClN3O5S. The molecule has 0 fully saturated rings. The number of rotatable bonds is 12. The van der Waals surface area contributed by atoms with E-state index in [1.54, 1.807) is 50.4 Å². The lowest BCUT2D eigenvalue weighted by atomic mass is 10.1. The van der Waals surface area contributed by atoms with Gasteiger partial charge in [-0.25, -0.2) is 8.42 Å². The predicted molar refractivity (Wildman–Crippen MR) is 135 cm³/mol. The molecule has 1 N–H and O–H groups in total. The number of amides is 2. The van der Waals surface area contributed by atoms with E-state index in [-0.39, 0.29) is 18.1 Å². The predicted octanol–water partition coefficient (Wildman–Crippen LogP) is 3.45. The van der Waals surface area contributed by atoms with Crippen molar-refractivity contribution in [3.8, 4) is 5.75 Å². The number of anilines is 1. The summed E-state index contributed by atoms with van der Waals surface area (Å²) in [7, 11) is -2.26. The lowest BCUT2D eigenvalue weighted by molar-refractivity contribution is -0.139. The molecule has 0 unspecified atom stereocenters. The Hall–Kier alpha value is -2.78. The summed E-state index contributed by atoms with van der Waals surface area (Å²) in [6, 6.07) is 12.6. The molecule has 2 amide bonds. The maximum atomic E-state index is 13.5. The Bertz CT molecular complexity index is 1090. The van der Waals surface area contributed by atoms with Crippen molar-refractivity contribution >= 4 is 39.1 Å². The zero-order valence-corrected chi connectivity index (χ0v) is 21.5. The van der Waals surface area contributed by atoms with Crippen LogP contribution in [0.4, 0.5) is 5.69 Å². The summed E-state index contributed by atoms with van der Waals surface area (Å²) < 4.78 is 31.3. The third-order valence-electron chi connectivity index (χ3n) is 5.26. The second-order valence-electron chi connectivity index (χ2n) is 7.94. The molecule has 0 saturated heterocycles. The summed E-state index contributed by atoms with van der Waals surface area (Å²) in [4.78, 5) is 27.6. The Labute approximate surface area is 206 Å². The second-order valence-corrected chi connectivity index (χ2v) is 10.3. The molecule has 0 spiro atoms. The normalized spacial score (nSPS) is 12.0. The van der Waals surface area contributed by atoms with E-state index in [0.29, 0.717) is 17.3 Å². The number of benzene rings is 2. The minimum absolute atomic E-state index is 0.103. The smallest absolute Gasteiger partial charge is 0.244 e. The van der Waals surface area contributed by atoms with Crippen LogP contribution in [0.3, 0.4) is 0 Å². The number of unbranched alkanes of at least 4 members (excludes halogenated alkanes) is 1. The number of methoxy groups -OCH3 is 1. The summed E-state index contributed by atoms with van der Waals surface area (Å²) in [6.07, 6.45) is 2.76. The van der Waals surface area contributed by atoms with Crippen molar-refractivity contribution in [2.45, 2.75) is 39.3 Å². The van der Waals surface area contributed by atoms with Crippen molar-refractivity contribution < 1.29 is 22.7 Å². The fraction of sp³-hybridized carbons (Fsp3) is 0.417. The van der Waals surface area contributed by atoms with Crippen LogP contribution in [-0.2, 0) is 26.2 Å². The molecule has 0 aliphatic carbocycles. The first-order chi connectivity index (χ1) is 16.1. The molecule has 0 bridgehead atoms. The highest BCUT2D eigenvalue weighted by molar-refractivity contribution is 7.92. The highest BCUT2D eigenvalue weighted by Crippen LogP contribution is 2.23. The molecule has 34 heavy (non-hydrogen) atoms. The zero-order valence-electron chi connectivity index (χ0n) is 20.0. The first kappa shape index (κ1) is 27.5. The number of carbonyl (C=O) groups is 2. The van der Waals surface area contributed by atoms with Crippen LogP contribution < -0.4 is 14.4 Å². The first-order valence-corrected chi connectivity index (χ1v) is 13.2. The van der Waals surface area contributed by atoms with Gasteiger partial charge in [-0.15, -0.1) is 0 Å². The zero-order chi connectivity index (χ0) is 25.3. The van der Waals surface area contributed by atoms with Gasteiger partial charge in [0.1, 0.15) is 18.3 Å². The highest BCUT2D eigenvalue weighted by Gasteiger charge is 2.30. The van der Waals surface area contributed by atoms with Crippen molar-refractivity contribution in [3.05, 3.63) is 59.1 Å². The standard InChI is InChI=1S/C24H32ClN3O5S/c1-5-6-13-26-24(30)18(2)27(16-19-9-7-12-22(14-19)33-3)23(29)17-28(34(4,31)32)21-11-8-10-20(25)15-21/h7-12,14-15,18H,5-6,13,16-17H2,1-4H3,(H,26,30)/t18-/m0/s1. The number of carbonyl (C=O) groups excluding carboxylic acids is 2. The van der Waals surface area contributed by atoms with Gasteiger partial charge in [-0.3, -0.25) is 13.9 Å². The van der Waals surface area contributed by atoms with Crippen molar-refractivity contribution in [2.75, 3.05) is 30.8 Å². The molecule has 2 aromatic carbocycles. The summed E-state index contributed by atoms with van der Waals surface area (Å²) in [5.41, 5.74) is 1.01. The van der Waals surface area contributed by atoms with E-state index in [9.17, 15) is 18.0 Å². The number of halogens is 1. The Kier molecular flexibility index (Phi) is 10.2. The molecule has 0 aliphatic rings. The van der Waals surface area contributed by atoms with E-state index in [1.807, 2.05) is 13.0 Å². The molecule has 0 heterocycles. The molecule has 0 aliphatic heterocycles. The number of sulfonamides is 1. The van der Waals surface area contributed by atoms with Crippen LogP contribution in [0.5, 0.6) is 5.75 Å². The molecule has 1 atom stereocenters. The Morgan fingerprint density at radius 3 is 2.47 bits per heavy atom. The third kappa shape index (κ3) is 7.92. The molecule has 2 rings (SSSR count). The van der Waals surface area contributed by atoms with Crippen molar-refractivity contribution in [2.24, 2.45) is 0 Å². The lowest BCUT2D eigenvalue weighted by Crippen LogP contribution is -2.51. The Morgan fingerprint density at radius 2 is 1.85 bits per heavy atom. The van der Waals surface area contributed by atoms with Crippen molar-refractivity contribution in [1.82, 2.24) is 10.2 Å². The van der Waals surface area contributed by atoms with Gasteiger partial charge < -0.3 is 15.0 Å². The van der Waals surface area contributed by atoms with Crippen LogP contribution in [0.1, 0.15) is 32.3 Å². The quantitative estimate of drug-likeness (QED) is 0.442. The van der Waals surface area contributed by atoms with E-state index < -0.39 is 28.5 Å². The Balaban J connectivity index is 2.36. The van der Waals surface area contributed by atoms with E-state index in [1.165, 1.54) is 11.0 Å². The maximum Gasteiger partial charge on any atom is 0.244 e. The van der Waals surface area contributed by atoms with Gasteiger partial charge in [-0.05, 0) is 49.2 Å². The van der Waals surface area contributed by atoms with Gasteiger partial charge in [0.05, 0.1) is 19.1 Å². The fourth-order valence-corrected chi connectivity index (χ4v) is 4.36. The molecule has 186 valence electrons. The van der Waals surface area contributed by atoms with Crippen LogP contribution in [0.25, 0.3) is 0 Å². The highest BCUT2D eigenvalue weighted by atomic mass is 35.5. The van der Waals surface area contributed by atoms with Crippen LogP contribution in [0.15, 0.2) is 48.5 Å². The third-order valence-corrected chi connectivity index (χ3v) is 6.63. The average molecular weight is 510 g/mol. The number of ether oxygens (including phenoxy) is 1. The summed E-state index contributed by atoms with van der Waals surface area (Å²) >= 11 is 6.04. The van der Waals surface area contributed by atoms with Crippen LogP contribution in [-0.4, -0.2) is 57.6 Å². The molecule has 8 nitrogen and oxygen atoms in total. The maximum absolute atomic E-state index is 13.5. The lowest BCUT2D eigenvalue weighted by Gasteiger charge is -2.31. The van der Waals surface area contributed by atoms with Gasteiger partial charge in [0.2, 0.25) is 21.8 Å². The van der Waals surface area contributed by atoms with Gasteiger partial charge in [0, 0.05) is 18.1 Å². The van der Waals surface area contributed by atoms with Crippen molar-refractivity contribution in [1.29, 1.82) is 0 Å². The molecule has 2 aromatic rings. The monoisotopic (exact) mass is 509 g/mol. The van der Waals surface area contributed by atoms with E-state index in [0.717, 1.165) is 29.0 Å². The first-order valence-electron chi connectivity index (χ1n) is 11.0. The summed E-state index contributed by atoms with van der Waals surface area (Å²) in [6.45, 7) is 3.77. The fourth-order valence-electron chi connectivity index (χ4n) is 3.33. The van der Waals surface area contributed by atoms with E-state index in [4.69, 9.17) is 16.3 Å². The summed E-state index contributed by atoms with van der Waals surface area (Å²) in [5, 5.41) is 3.19. The number of nitrogens with zero attached hydrogens (tertiary/aromatic N) is 2. The number of nitrogens with one attached hydrogen (secondary N) is 1. The minimum Gasteiger partial charge on any atom is -0.497 e. The average Bonchev–Trinajstić information content (AvgIpc) is 2.79. The Morgan fingerprint density at radius 1 is 1.15 bits per heavy atom. The van der Waals surface area contributed by atoms with Crippen LogP contribution in [0, 0.1) is 0 Å². The topological polar surface area (TPSA) is 96.0 Å². The minimum atomic E-state index is -3.80. The van der Waals surface area contributed by atoms with Crippen LogP contribution in [0.2, 0.25) is 5.02 Å².